The Morgan fingerprint density at radius 2 is 2.12 bits per heavy atom. The van der Waals surface area contributed by atoms with Crippen LogP contribution >= 0.6 is 11.3 Å². The smallest absolute Gasteiger partial charge is 0.207 e. The average molecular weight is 471 g/mol. The SMILES string of the molecule is Cc1ncc(C2CC=NN2CCN(CCNC=O)c2cc(-c3c(C)cnn3C)ncc2F)s1. The van der Waals surface area contributed by atoms with Crippen LogP contribution in [0.15, 0.2) is 29.8 Å². The van der Waals surface area contributed by atoms with Crippen LogP contribution in [0.3, 0.4) is 0 Å². The molecule has 1 aliphatic rings. The number of rotatable bonds is 10. The highest BCUT2D eigenvalue weighted by Crippen LogP contribution is 2.32. The number of nitrogens with zero attached hydrogens (tertiary/aromatic N) is 7. The van der Waals surface area contributed by atoms with Gasteiger partial charge in [0.2, 0.25) is 6.41 Å². The van der Waals surface area contributed by atoms with Gasteiger partial charge in [0.15, 0.2) is 5.82 Å². The molecule has 0 fully saturated rings. The zero-order chi connectivity index (χ0) is 23.4. The normalized spacial score (nSPS) is 15.3. The van der Waals surface area contributed by atoms with E-state index in [0.29, 0.717) is 44.0 Å². The summed E-state index contributed by atoms with van der Waals surface area (Å²) in [5, 5.41) is 14.5. The van der Waals surface area contributed by atoms with E-state index < -0.39 is 5.82 Å². The zero-order valence-electron chi connectivity index (χ0n) is 18.9. The van der Waals surface area contributed by atoms with Gasteiger partial charge in [-0.1, -0.05) is 0 Å². The molecule has 4 rings (SSSR count). The van der Waals surface area contributed by atoms with Gasteiger partial charge in [-0.3, -0.25) is 19.5 Å². The molecule has 3 aromatic heterocycles. The Labute approximate surface area is 196 Å². The predicted molar refractivity (Wildman–Crippen MR) is 127 cm³/mol. The molecule has 1 N–H and O–H groups in total. The number of hydrogen-bond acceptors (Lipinski definition) is 8. The topological polar surface area (TPSA) is 91.5 Å². The fourth-order valence-corrected chi connectivity index (χ4v) is 4.92. The van der Waals surface area contributed by atoms with E-state index in [0.717, 1.165) is 22.7 Å². The van der Waals surface area contributed by atoms with Crippen LogP contribution in [-0.2, 0) is 11.8 Å². The van der Waals surface area contributed by atoms with E-state index in [9.17, 15) is 9.18 Å². The summed E-state index contributed by atoms with van der Waals surface area (Å²) in [5.74, 6) is -0.413. The first-order valence-electron chi connectivity index (χ1n) is 10.8. The van der Waals surface area contributed by atoms with Crippen molar-refractivity contribution in [1.82, 2.24) is 30.1 Å². The molecule has 9 nitrogen and oxygen atoms in total. The lowest BCUT2D eigenvalue weighted by Gasteiger charge is -2.29. The number of anilines is 1. The highest BCUT2D eigenvalue weighted by molar-refractivity contribution is 7.11. The molecule has 0 aliphatic carbocycles. The Kier molecular flexibility index (Phi) is 6.97. The summed E-state index contributed by atoms with van der Waals surface area (Å²) < 4.78 is 16.7. The van der Waals surface area contributed by atoms with Crippen molar-refractivity contribution in [3.8, 4) is 11.4 Å². The predicted octanol–water partition coefficient (Wildman–Crippen LogP) is 2.68. The fraction of sp³-hybridized carbons (Fsp3) is 0.409. The van der Waals surface area contributed by atoms with Crippen LogP contribution < -0.4 is 10.2 Å². The highest BCUT2D eigenvalue weighted by Gasteiger charge is 2.25. The van der Waals surface area contributed by atoms with E-state index >= 15 is 0 Å². The van der Waals surface area contributed by atoms with E-state index in [2.05, 4.69) is 25.5 Å². The van der Waals surface area contributed by atoms with Crippen molar-refractivity contribution in [3.63, 3.8) is 0 Å². The molecule has 0 saturated heterocycles. The Balaban J connectivity index is 1.56. The first-order chi connectivity index (χ1) is 16.0. The number of carbonyl (C=O) groups excluding carboxylic acids is 1. The summed E-state index contributed by atoms with van der Waals surface area (Å²) in [4.78, 5) is 22.5. The summed E-state index contributed by atoms with van der Waals surface area (Å²) in [6.45, 7) is 5.91. The lowest BCUT2D eigenvalue weighted by atomic mass is 10.1. The van der Waals surface area contributed by atoms with Gasteiger partial charge < -0.3 is 10.2 Å². The summed E-state index contributed by atoms with van der Waals surface area (Å²) in [5.41, 5.74) is 2.88. The maximum atomic E-state index is 15.0. The second kappa shape index (κ2) is 10.1. The number of hydrogen-bond donors (Lipinski definition) is 1. The molecule has 1 atom stereocenters. The third-order valence-electron chi connectivity index (χ3n) is 5.63. The molecule has 1 aliphatic heterocycles. The second-order valence-electron chi connectivity index (χ2n) is 7.87. The van der Waals surface area contributed by atoms with Crippen LogP contribution in [0.4, 0.5) is 10.1 Å². The van der Waals surface area contributed by atoms with E-state index in [4.69, 9.17) is 0 Å². The Hall–Kier alpha value is -3.34. The van der Waals surface area contributed by atoms with Gasteiger partial charge in [-0.05, 0) is 25.5 Å². The molecule has 33 heavy (non-hydrogen) atoms. The van der Waals surface area contributed by atoms with Gasteiger partial charge in [-0.2, -0.15) is 10.2 Å². The third kappa shape index (κ3) is 5.03. The summed E-state index contributed by atoms with van der Waals surface area (Å²) in [6, 6.07) is 1.89. The van der Waals surface area contributed by atoms with Crippen molar-refractivity contribution < 1.29 is 9.18 Å². The van der Waals surface area contributed by atoms with Crippen LogP contribution in [0.1, 0.15) is 27.9 Å². The molecule has 1 unspecified atom stereocenters. The van der Waals surface area contributed by atoms with Gasteiger partial charge in [-0.25, -0.2) is 9.37 Å². The van der Waals surface area contributed by atoms with E-state index in [-0.39, 0.29) is 6.04 Å². The van der Waals surface area contributed by atoms with Gasteiger partial charge in [-0.15, -0.1) is 11.3 Å². The number of pyridine rings is 1. The lowest BCUT2D eigenvalue weighted by molar-refractivity contribution is -0.109. The van der Waals surface area contributed by atoms with Crippen molar-refractivity contribution in [2.45, 2.75) is 26.3 Å². The number of carbonyl (C=O) groups is 1. The van der Waals surface area contributed by atoms with Gasteiger partial charge in [0.05, 0.1) is 47.1 Å². The summed E-state index contributed by atoms with van der Waals surface area (Å²) in [7, 11) is 1.84. The molecule has 0 spiro atoms. The minimum atomic E-state index is -0.413. The number of aryl methyl sites for hydroxylation is 3. The van der Waals surface area contributed by atoms with Crippen molar-refractivity contribution in [3.05, 3.63) is 45.9 Å². The van der Waals surface area contributed by atoms with Crippen LogP contribution in [0.5, 0.6) is 0 Å². The summed E-state index contributed by atoms with van der Waals surface area (Å²) >= 11 is 1.67. The minimum absolute atomic E-state index is 0.140. The average Bonchev–Trinajstić information content (AvgIpc) is 3.52. The van der Waals surface area contributed by atoms with Gasteiger partial charge in [0, 0.05) is 50.4 Å². The lowest BCUT2D eigenvalue weighted by Crippen LogP contribution is -2.38. The number of thiazole rings is 1. The zero-order valence-corrected chi connectivity index (χ0v) is 19.7. The fourth-order valence-electron chi connectivity index (χ4n) is 4.01. The molecular formula is C22H27FN8OS. The molecule has 1 amide bonds. The second-order valence-corrected chi connectivity index (χ2v) is 9.14. The highest BCUT2D eigenvalue weighted by atomic mass is 32.1. The monoisotopic (exact) mass is 470 g/mol. The Morgan fingerprint density at radius 1 is 1.27 bits per heavy atom. The molecule has 0 aromatic carbocycles. The van der Waals surface area contributed by atoms with E-state index in [1.54, 1.807) is 28.3 Å². The number of hydrazone groups is 1. The molecule has 0 radical (unpaired) electrons. The van der Waals surface area contributed by atoms with Crippen molar-refractivity contribution in [2.24, 2.45) is 12.1 Å². The van der Waals surface area contributed by atoms with E-state index in [1.165, 1.54) is 11.1 Å². The van der Waals surface area contributed by atoms with Crippen molar-refractivity contribution in [1.29, 1.82) is 0 Å². The third-order valence-corrected chi connectivity index (χ3v) is 6.65. The Bertz CT molecular complexity index is 1120. The maximum absolute atomic E-state index is 15.0. The molecule has 0 bridgehead atoms. The minimum Gasteiger partial charge on any atom is -0.365 e. The molecule has 0 saturated carbocycles. The quantitative estimate of drug-likeness (QED) is 0.362. The van der Waals surface area contributed by atoms with Crippen molar-refractivity contribution >= 4 is 29.6 Å². The van der Waals surface area contributed by atoms with Crippen LogP contribution in [0.25, 0.3) is 11.4 Å². The van der Waals surface area contributed by atoms with Gasteiger partial charge in [0.1, 0.15) is 0 Å². The number of nitrogens with one attached hydrogen (secondary N) is 1. The van der Waals surface area contributed by atoms with Crippen LogP contribution in [-0.4, -0.2) is 63.6 Å². The standard InChI is InChI=1S/C22H27FN8OS/c1-15-11-28-29(3)22(15)18-10-20(17(23)12-26-18)30(7-6-24-14-32)8-9-31-19(4-5-27-31)21-13-25-16(2)33-21/h5,10-14,19H,4,6-9H2,1-3H3,(H,24,32). The Morgan fingerprint density at radius 3 is 2.82 bits per heavy atom. The largest absolute Gasteiger partial charge is 0.365 e. The first-order valence-corrected chi connectivity index (χ1v) is 11.6. The molecule has 3 aromatic rings. The molecule has 174 valence electrons. The van der Waals surface area contributed by atoms with E-state index in [1.807, 2.05) is 43.2 Å². The molecule has 11 heteroatoms. The van der Waals surface area contributed by atoms with Gasteiger partial charge in [0.25, 0.3) is 0 Å². The summed E-state index contributed by atoms with van der Waals surface area (Å²) in [6.07, 6.45) is 8.30. The number of aromatic nitrogens is 4. The van der Waals surface area contributed by atoms with Crippen molar-refractivity contribution in [2.75, 3.05) is 31.1 Å². The first kappa shape index (κ1) is 22.8. The van der Waals surface area contributed by atoms with Gasteiger partial charge >= 0.3 is 0 Å². The number of amides is 1. The maximum Gasteiger partial charge on any atom is 0.207 e. The molecule has 4 heterocycles. The van der Waals surface area contributed by atoms with Crippen LogP contribution in [0, 0.1) is 19.7 Å². The van der Waals surface area contributed by atoms with Crippen LogP contribution in [0.2, 0.25) is 0 Å². The number of halogens is 1. The molecular weight excluding hydrogens is 443 g/mol.